The number of furan rings is 1. The van der Waals surface area contributed by atoms with Crippen molar-refractivity contribution in [3.8, 4) is 0 Å². The van der Waals surface area contributed by atoms with Gasteiger partial charge in [-0.25, -0.2) is 0 Å². The lowest BCUT2D eigenvalue weighted by atomic mass is 9.70. The van der Waals surface area contributed by atoms with Gasteiger partial charge in [0.15, 0.2) is 0 Å². The van der Waals surface area contributed by atoms with Crippen LogP contribution in [0.5, 0.6) is 0 Å². The van der Waals surface area contributed by atoms with Gasteiger partial charge in [-0.15, -0.1) is 0 Å². The van der Waals surface area contributed by atoms with E-state index in [9.17, 15) is 5.11 Å². The second-order valence-corrected chi connectivity index (χ2v) is 5.06. The summed E-state index contributed by atoms with van der Waals surface area (Å²) in [5.74, 6) is 1.82. The second kappa shape index (κ2) is 3.88. The standard InChI is InChI=1S/C15H18O2/c1-3-10-11-6-4-5-7-14(11)17-15(10)12-8-13(16)9(12)2/h4-7,9,12-13,16H,3,8H2,1-2H3. The number of hydrogen-bond acceptors (Lipinski definition) is 2. The fourth-order valence-corrected chi connectivity index (χ4v) is 2.89. The molecule has 3 unspecified atom stereocenters. The van der Waals surface area contributed by atoms with Crippen molar-refractivity contribution in [2.75, 3.05) is 0 Å². The molecule has 1 saturated carbocycles. The van der Waals surface area contributed by atoms with E-state index >= 15 is 0 Å². The molecule has 2 nitrogen and oxygen atoms in total. The number of benzene rings is 1. The molecule has 0 radical (unpaired) electrons. The number of aryl methyl sites for hydroxylation is 1. The molecule has 1 aliphatic carbocycles. The molecule has 90 valence electrons. The lowest BCUT2D eigenvalue weighted by Gasteiger charge is -2.38. The van der Waals surface area contributed by atoms with Crippen LogP contribution in [0.25, 0.3) is 11.0 Å². The minimum absolute atomic E-state index is 0.155. The molecule has 1 aromatic carbocycles. The highest BCUT2D eigenvalue weighted by Gasteiger charge is 2.40. The molecule has 1 aromatic heterocycles. The molecule has 0 saturated heterocycles. The Morgan fingerprint density at radius 2 is 2.12 bits per heavy atom. The number of hydrogen-bond donors (Lipinski definition) is 1. The number of aliphatic hydroxyl groups excluding tert-OH is 1. The zero-order valence-electron chi connectivity index (χ0n) is 10.3. The maximum absolute atomic E-state index is 9.64. The lowest BCUT2D eigenvalue weighted by Crippen LogP contribution is -2.37. The quantitative estimate of drug-likeness (QED) is 0.856. The van der Waals surface area contributed by atoms with Gasteiger partial charge >= 0.3 is 0 Å². The van der Waals surface area contributed by atoms with Crippen molar-refractivity contribution in [3.05, 3.63) is 35.6 Å². The first kappa shape index (κ1) is 10.8. The Balaban J connectivity index is 2.10. The maximum Gasteiger partial charge on any atom is 0.134 e. The predicted octanol–water partition coefficient (Wildman–Crippen LogP) is 3.48. The molecule has 3 atom stereocenters. The van der Waals surface area contributed by atoms with Crippen LogP contribution in [0, 0.1) is 5.92 Å². The van der Waals surface area contributed by atoms with Crippen LogP contribution in [0.4, 0.5) is 0 Å². The average Bonchev–Trinajstić information content (AvgIpc) is 2.72. The van der Waals surface area contributed by atoms with E-state index in [1.54, 1.807) is 0 Å². The van der Waals surface area contributed by atoms with Gasteiger partial charge in [0.2, 0.25) is 0 Å². The summed E-state index contributed by atoms with van der Waals surface area (Å²) in [4.78, 5) is 0. The third-order valence-electron chi connectivity index (χ3n) is 4.16. The van der Waals surface area contributed by atoms with Crippen molar-refractivity contribution in [3.63, 3.8) is 0 Å². The molecule has 0 spiro atoms. The topological polar surface area (TPSA) is 33.4 Å². The summed E-state index contributed by atoms with van der Waals surface area (Å²) in [5.41, 5.74) is 2.30. The minimum Gasteiger partial charge on any atom is -0.460 e. The predicted molar refractivity (Wildman–Crippen MR) is 68.1 cm³/mol. The van der Waals surface area contributed by atoms with Crippen molar-refractivity contribution >= 4 is 11.0 Å². The monoisotopic (exact) mass is 230 g/mol. The van der Waals surface area contributed by atoms with Crippen LogP contribution in [0.2, 0.25) is 0 Å². The number of fused-ring (bicyclic) bond motifs is 1. The van der Waals surface area contributed by atoms with Crippen LogP contribution in [0.3, 0.4) is 0 Å². The highest BCUT2D eigenvalue weighted by molar-refractivity contribution is 5.82. The van der Waals surface area contributed by atoms with Crippen LogP contribution < -0.4 is 0 Å². The zero-order valence-corrected chi connectivity index (χ0v) is 10.3. The van der Waals surface area contributed by atoms with Crippen LogP contribution in [-0.4, -0.2) is 11.2 Å². The van der Waals surface area contributed by atoms with Crippen LogP contribution >= 0.6 is 0 Å². The first-order chi connectivity index (χ1) is 8.22. The Hall–Kier alpha value is -1.28. The summed E-state index contributed by atoms with van der Waals surface area (Å²) >= 11 is 0. The third-order valence-corrected chi connectivity index (χ3v) is 4.16. The van der Waals surface area contributed by atoms with Gasteiger partial charge in [-0.3, -0.25) is 0 Å². The van der Waals surface area contributed by atoms with E-state index < -0.39 is 0 Å². The number of aliphatic hydroxyl groups is 1. The van der Waals surface area contributed by atoms with Crippen LogP contribution in [0.15, 0.2) is 28.7 Å². The van der Waals surface area contributed by atoms with Gasteiger partial charge < -0.3 is 9.52 Å². The average molecular weight is 230 g/mol. The number of para-hydroxylation sites is 1. The van der Waals surface area contributed by atoms with Gasteiger partial charge in [0.05, 0.1) is 6.10 Å². The Labute approximate surface area is 101 Å². The molecule has 2 heteroatoms. The van der Waals surface area contributed by atoms with Crippen molar-refractivity contribution in [1.82, 2.24) is 0 Å². The molecule has 1 aliphatic rings. The highest BCUT2D eigenvalue weighted by Crippen LogP contribution is 2.46. The number of rotatable bonds is 2. The van der Waals surface area contributed by atoms with Crippen molar-refractivity contribution in [1.29, 1.82) is 0 Å². The molecule has 0 aliphatic heterocycles. The van der Waals surface area contributed by atoms with E-state index in [2.05, 4.69) is 26.0 Å². The van der Waals surface area contributed by atoms with Crippen LogP contribution in [0.1, 0.15) is 37.5 Å². The smallest absolute Gasteiger partial charge is 0.134 e. The van der Waals surface area contributed by atoms with Crippen molar-refractivity contribution in [2.24, 2.45) is 5.92 Å². The van der Waals surface area contributed by atoms with Crippen LogP contribution in [-0.2, 0) is 6.42 Å². The Kier molecular flexibility index (Phi) is 2.48. The van der Waals surface area contributed by atoms with Gasteiger partial charge in [-0.05, 0) is 24.8 Å². The highest BCUT2D eigenvalue weighted by atomic mass is 16.3. The summed E-state index contributed by atoms with van der Waals surface area (Å²) in [7, 11) is 0. The minimum atomic E-state index is -0.155. The van der Waals surface area contributed by atoms with Gasteiger partial charge in [-0.1, -0.05) is 32.0 Å². The molecule has 17 heavy (non-hydrogen) atoms. The normalized spacial score (nSPS) is 28.3. The fourth-order valence-electron chi connectivity index (χ4n) is 2.89. The molecular weight excluding hydrogens is 212 g/mol. The first-order valence-corrected chi connectivity index (χ1v) is 6.40. The summed E-state index contributed by atoms with van der Waals surface area (Å²) in [6, 6.07) is 8.21. The molecule has 1 fully saturated rings. The zero-order chi connectivity index (χ0) is 12.0. The second-order valence-electron chi connectivity index (χ2n) is 5.06. The van der Waals surface area contributed by atoms with Gasteiger partial charge in [0.25, 0.3) is 0 Å². The van der Waals surface area contributed by atoms with E-state index in [1.165, 1.54) is 10.9 Å². The third kappa shape index (κ3) is 1.51. The molecule has 0 amide bonds. The Morgan fingerprint density at radius 3 is 2.76 bits per heavy atom. The molecular formula is C15H18O2. The molecule has 3 rings (SSSR count). The van der Waals surface area contributed by atoms with E-state index in [1.807, 2.05) is 12.1 Å². The first-order valence-electron chi connectivity index (χ1n) is 6.40. The SMILES string of the molecule is CCc1c(C2CC(O)C2C)oc2ccccc12. The van der Waals surface area contributed by atoms with E-state index in [-0.39, 0.29) is 6.10 Å². The molecule has 0 bridgehead atoms. The maximum atomic E-state index is 9.64. The molecule has 1 N–H and O–H groups in total. The fraction of sp³-hybridized carbons (Fsp3) is 0.467. The van der Waals surface area contributed by atoms with Gasteiger partial charge in [0.1, 0.15) is 11.3 Å². The summed E-state index contributed by atoms with van der Waals surface area (Å²) in [5, 5.41) is 10.9. The van der Waals surface area contributed by atoms with Crippen molar-refractivity contribution < 1.29 is 9.52 Å². The Morgan fingerprint density at radius 1 is 1.35 bits per heavy atom. The molecule has 1 heterocycles. The van der Waals surface area contributed by atoms with Gasteiger partial charge in [0, 0.05) is 16.9 Å². The van der Waals surface area contributed by atoms with E-state index in [4.69, 9.17) is 4.42 Å². The van der Waals surface area contributed by atoms with Crippen molar-refractivity contribution in [2.45, 2.75) is 38.7 Å². The summed E-state index contributed by atoms with van der Waals surface area (Å²) in [6.45, 7) is 4.27. The van der Waals surface area contributed by atoms with E-state index in [0.717, 1.165) is 24.2 Å². The van der Waals surface area contributed by atoms with E-state index in [0.29, 0.717) is 11.8 Å². The molecule has 2 aromatic rings. The summed E-state index contributed by atoms with van der Waals surface area (Å²) in [6.07, 6.45) is 1.68. The summed E-state index contributed by atoms with van der Waals surface area (Å²) < 4.78 is 6.00. The van der Waals surface area contributed by atoms with Gasteiger partial charge in [-0.2, -0.15) is 0 Å². The Bertz CT molecular complexity index is 541. The largest absolute Gasteiger partial charge is 0.460 e. The lowest BCUT2D eigenvalue weighted by molar-refractivity contribution is 0.00454.